The lowest BCUT2D eigenvalue weighted by Gasteiger charge is -2.34. The topological polar surface area (TPSA) is 28.1 Å². The quantitative estimate of drug-likeness (QED) is 0.398. The van der Waals surface area contributed by atoms with Crippen LogP contribution in [0.25, 0.3) is 0 Å². The van der Waals surface area contributed by atoms with E-state index in [1.165, 1.54) is 55.4 Å². The van der Waals surface area contributed by atoms with E-state index in [9.17, 15) is 0 Å². The Kier molecular flexibility index (Phi) is 9.74. The first-order valence-corrected chi connectivity index (χ1v) is 11.7. The monoisotopic (exact) mass is 397 g/mol. The van der Waals surface area contributed by atoms with Gasteiger partial charge in [0, 0.05) is 39.3 Å². The molecule has 0 atom stereocenters. The molecule has 1 saturated carbocycles. The van der Waals surface area contributed by atoms with Crippen LogP contribution in [0.15, 0.2) is 47.1 Å². The van der Waals surface area contributed by atoms with Gasteiger partial charge in [0.25, 0.3) is 0 Å². The van der Waals surface area contributed by atoms with Gasteiger partial charge in [0.1, 0.15) is 6.61 Å². The normalized spacial score (nSPS) is 21.7. The molecule has 0 aromatic heterocycles. The summed E-state index contributed by atoms with van der Waals surface area (Å²) >= 11 is 0. The van der Waals surface area contributed by atoms with Gasteiger partial charge in [0.05, 0.1) is 5.71 Å². The summed E-state index contributed by atoms with van der Waals surface area (Å²) in [6.45, 7) is 9.80. The second kappa shape index (κ2) is 12.8. The van der Waals surface area contributed by atoms with Crippen LogP contribution in [0.3, 0.4) is 0 Å². The SMILES string of the molecule is CCCC/C=C1\CCCC\C1=N/OCCCN1CCN(Cc2ccccc2)CC1. The summed E-state index contributed by atoms with van der Waals surface area (Å²) in [4.78, 5) is 10.8. The van der Waals surface area contributed by atoms with E-state index in [-0.39, 0.29) is 0 Å². The smallest absolute Gasteiger partial charge is 0.118 e. The molecule has 0 N–H and O–H groups in total. The fourth-order valence-electron chi connectivity index (χ4n) is 4.21. The lowest BCUT2D eigenvalue weighted by atomic mass is 9.92. The Morgan fingerprint density at radius 1 is 0.966 bits per heavy atom. The van der Waals surface area contributed by atoms with E-state index in [0.29, 0.717) is 0 Å². The molecule has 0 radical (unpaired) electrons. The van der Waals surface area contributed by atoms with Gasteiger partial charge in [-0.3, -0.25) is 4.90 Å². The minimum Gasteiger partial charge on any atom is -0.396 e. The van der Waals surface area contributed by atoms with Crippen molar-refractivity contribution in [2.75, 3.05) is 39.3 Å². The van der Waals surface area contributed by atoms with Crippen molar-refractivity contribution in [1.29, 1.82) is 0 Å². The number of unbranched alkanes of at least 4 members (excludes halogenated alkanes) is 2. The molecule has 4 heteroatoms. The first kappa shape index (κ1) is 22.0. The molecule has 160 valence electrons. The van der Waals surface area contributed by atoms with Gasteiger partial charge in [-0.05, 0) is 49.7 Å². The number of hydrogen-bond acceptors (Lipinski definition) is 4. The summed E-state index contributed by atoms with van der Waals surface area (Å²) in [7, 11) is 0. The Bertz CT molecular complexity index is 633. The van der Waals surface area contributed by atoms with E-state index in [0.717, 1.165) is 58.7 Å². The molecule has 1 saturated heterocycles. The van der Waals surface area contributed by atoms with Crippen LogP contribution in [0.4, 0.5) is 0 Å². The largest absolute Gasteiger partial charge is 0.396 e. The molecule has 29 heavy (non-hydrogen) atoms. The molecular weight excluding hydrogens is 358 g/mol. The third-order valence-electron chi connectivity index (χ3n) is 6.03. The van der Waals surface area contributed by atoms with Crippen LogP contribution in [0, 0.1) is 0 Å². The molecule has 0 bridgehead atoms. The molecule has 3 rings (SSSR count). The number of rotatable bonds is 10. The van der Waals surface area contributed by atoms with Gasteiger partial charge in [0.2, 0.25) is 0 Å². The molecule has 4 nitrogen and oxygen atoms in total. The summed E-state index contributed by atoms with van der Waals surface area (Å²) in [5, 5.41) is 4.51. The van der Waals surface area contributed by atoms with Crippen molar-refractivity contribution in [3.05, 3.63) is 47.5 Å². The van der Waals surface area contributed by atoms with Crippen LogP contribution >= 0.6 is 0 Å². The van der Waals surface area contributed by atoms with Crippen LogP contribution in [-0.2, 0) is 11.4 Å². The predicted octanol–water partition coefficient (Wildman–Crippen LogP) is 5.26. The van der Waals surface area contributed by atoms with Crippen molar-refractivity contribution in [2.45, 2.75) is 64.8 Å². The van der Waals surface area contributed by atoms with E-state index in [1.807, 2.05) is 0 Å². The zero-order valence-electron chi connectivity index (χ0n) is 18.3. The zero-order chi connectivity index (χ0) is 20.2. The van der Waals surface area contributed by atoms with Gasteiger partial charge in [-0.15, -0.1) is 0 Å². The number of hydrogen-bond donors (Lipinski definition) is 0. The molecule has 1 aliphatic carbocycles. The van der Waals surface area contributed by atoms with Crippen molar-refractivity contribution < 1.29 is 4.84 Å². The maximum absolute atomic E-state index is 5.71. The lowest BCUT2D eigenvalue weighted by molar-refractivity contribution is 0.0999. The number of nitrogens with zero attached hydrogens (tertiary/aromatic N) is 3. The average molecular weight is 398 g/mol. The highest BCUT2D eigenvalue weighted by Crippen LogP contribution is 2.22. The van der Waals surface area contributed by atoms with E-state index >= 15 is 0 Å². The van der Waals surface area contributed by atoms with E-state index in [2.05, 4.69) is 58.3 Å². The van der Waals surface area contributed by atoms with Crippen LogP contribution in [0.5, 0.6) is 0 Å². The second-order valence-electron chi connectivity index (χ2n) is 8.41. The average Bonchev–Trinajstić information content (AvgIpc) is 2.76. The molecule has 2 aliphatic rings. The molecule has 1 aliphatic heterocycles. The molecule has 0 unspecified atom stereocenters. The molecule has 0 spiro atoms. The maximum Gasteiger partial charge on any atom is 0.118 e. The standard InChI is InChI=1S/C25H39N3O/c1-2-3-5-13-24-14-8-9-15-25(24)26-29-21-10-16-27-17-19-28(20-18-27)22-23-11-6-4-7-12-23/h4,6-7,11-13H,2-3,5,8-10,14-22H2,1H3/b24-13+,26-25+. The first-order valence-electron chi connectivity index (χ1n) is 11.7. The summed E-state index contributed by atoms with van der Waals surface area (Å²) < 4.78 is 0. The van der Waals surface area contributed by atoms with Crippen LogP contribution < -0.4 is 0 Å². The second-order valence-corrected chi connectivity index (χ2v) is 8.41. The van der Waals surface area contributed by atoms with Crippen LogP contribution in [0.1, 0.15) is 63.9 Å². The Labute approximate surface area is 177 Å². The van der Waals surface area contributed by atoms with E-state index in [1.54, 1.807) is 0 Å². The summed E-state index contributed by atoms with van der Waals surface area (Å²) in [6, 6.07) is 10.8. The molecule has 1 aromatic carbocycles. The van der Waals surface area contributed by atoms with Crippen LogP contribution in [0.2, 0.25) is 0 Å². The Morgan fingerprint density at radius 2 is 1.72 bits per heavy atom. The summed E-state index contributed by atoms with van der Waals surface area (Å²) in [5.74, 6) is 0. The van der Waals surface area contributed by atoms with Gasteiger partial charge in [-0.25, -0.2) is 0 Å². The predicted molar refractivity (Wildman–Crippen MR) is 122 cm³/mol. The van der Waals surface area contributed by atoms with Crippen molar-refractivity contribution in [2.24, 2.45) is 5.16 Å². The van der Waals surface area contributed by atoms with Gasteiger partial charge in [0.15, 0.2) is 0 Å². The van der Waals surface area contributed by atoms with E-state index in [4.69, 9.17) is 4.84 Å². The molecule has 0 amide bonds. The van der Waals surface area contributed by atoms with Crippen molar-refractivity contribution in [3.8, 4) is 0 Å². The number of allylic oxidation sites excluding steroid dienone is 2. The number of benzene rings is 1. The van der Waals surface area contributed by atoms with Gasteiger partial charge < -0.3 is 9.74 Å². The number of oxime groups is 1. The molecule has 1 aromatic rings. The van der Waals surface area contributed by atoms with Gasteiger partial charge >= 0.3 is 0 Å². The first-order chi connectivity index (χ1) is 14.3. The highest BCUT2D eigenvalue weighted by Gasteiger charge is 2.17. The minimum absolute atomic E-state index is 0.732. The van der Waals surface area contributed by atoms with Crippen LogP contribution in [-0.4, -0.2) is 54.8 Å². The lowest BCUT2D eigenvalue weighted by Crippen LogP contribution is -2.46. The fraction of sp³-hybridized carbons (Fsp3) is 0.640. The molecule has 2 fully saturated rings. The Balaban J connectivity index is 1.30. The van der Waals surface area contributed by atoms with Crippen molar-refractivity contribution in [1.82, 2.24) is 9.80 Å². The van der Waals surface area contributed by atoms with Gasteiger partial charge in [-0.2, -0.15) is 0 Å². The van der Waals surface area contributed by atoms with Crippen molar-refractivity contribution >= 4 is 5.71 Å². The molecular formula is C25H39N3O. The Hall–Kier alpha value is -1.65. The van der Waals surface area contributed by atoms with E-state index < -0.39 is 0 Å². The third-order valence-corrected chi connectivity index (χ3v) is 6.03. The third kappa shape index (κ3) is 7.94. The highest BCUT2D eigenvalue weighted by atomic mass is 16.6. The fourth-order valence-corrected chi connectivity index (χ4v) is 4.21. The Morgan fingerprint density at radius 3 is 2.52 bits per heavy atom. The molecule has 1 heterocycles. The number of piperazine rings is 1. The summed E-state index contributed by atoms with van der Waals surface area (Å²) in [5.41, 5.74) is 4.07. The minimum atomic E-state index is 0.732. The van der Waals surface area contributed by atoms with Crippen molar-refractivity contribution in [3.63, 3.8) is 0 Å². The maximum atomic E-state index is 5.71. The van der Waals surface area contributed by atoms with Gasteiger partial charge in [-0.1, -0.05) is 61.3 Å². The highest BCUT2D eigenvalue weighted by molar-refractivity contribution is 6.00. The zero-order valence-corrected chi connectivity index (χ0v) is 18.3. The summed E-state index contributed by atoms with van der Waals surface area (Å²) in [6.07, 6.45) is 12.0.